The fraction of sp³-hybridized carbons (Fsp3) is 0.303. The van der Waals surface area contributed by atoms with E-state index in [9.17, 15) is 9.59 Å². The molecular weight excluding hydrogens is 568 g/mol. The third-order valence-corrected chi connectivity index (χ3v) is 8.47. The van der Waals surface area contributed by atoms with Crippen molar-refractivity contribution >= 4 is 34.9 Å². The Morgan fingerprint density at radius 1 is 1.19 bits per heavy atom. The van der Waals surface area contributed by atoms with Crippen molar-refractivity contribution in [2.45, 2.75) is 40.2 Å². The average molecular weight is 603 g/mol. The summed E-state index contributed by atoms with van der Waals surface area (Å²) >= 11 is 7.48. The van der Waals surface area contributed by atoms with Crippen LogP contribution in [0.2, 0.25) is 5.02 Å². The van der Waals surface area contributed by atoms with E-state index in [1.165, 1.54) is 11.3 Å². The second-order valence-corrected chi connectivity index (χ2v) is 12.0. The van der Waals surface area contributed by atoms with Crippen molar-refractivity contribution in [1.29, 1.82) is 0 Å². The van der Waals surface area contributed by atoms with Crippen LogP contribution in [0.5, 0.6) is 5.75 Å². The Kier molecular flexibility index (Phi) is 8.96. The van der Waals surface area contributed by atoms with Crippen LogP contribution >= 0.6 is 22.9 Å². The number of hydrogen-bond donors (Lipinski definition) is 1. The third-order valence-electron chi connectivity index (χ3n) is 7.34. The molecule has 0 spiro atoms. The molecular formula is C33H35ClN4O3S. The number of thiazole rings is 1. The molecule has 1 fully saturated rings. The van der Waals surface area contributed by atoms with Gasteiger partial charge in [-0.2, -0.15) is 0 Å². The number of hydrogen-bond acceptors (Lipinski definition) is 6. The molecule has 4 aromatic rings. The van der Waals surface area contributed by atoms with Crippen LogP contribution in [0, 0.1) is 0 Å². The zero-order chi connectivity index (χ0) is 30.0. The molecule has 0 aliphatic carbocycles. The molecule has 1 aliphatic heterocycles. The van der Waals surface area contributed by atoms with E-state index in [2.05, 4.69) is 12.2 Å². The number of methoxy groups -OCH3 is 1. The zero-order valence-corrected chi connectivity index (χ0v) is 26.1. The fourth-order valence-electron chi connectivity index (χ4n) is 5.23. The van der Waals surface area contributed by atoms with Gasteiger partial charge in [0.25, 0.3) is 11.5 Å². The van der Waals surface area contributed by atoms with Crippen LogP contribution < -0.4 is 15.6 Å². The second-order valence-electron chi connectivity index (χ2n) is 10.7. The SMILES string of the molecule is CCc1ccc(OC)cc1-n1c(C=C(C)C)c(C(=O)N2CCN[C@@H](C)C2)cc(-c2nc(-c3ccc(Cl)cc3)cs2)c1=O. The fourth-order valence-corrected chi connectivity index (χ4v) is 6.19. The highest BCUT2D eigenvalue weighted by atomic mass is 35.5. The first kappa shape index (κ1) is 29.8. The number of ether oxygens (including phenoxy) is 1. The van der Waals surface area contributed by atoms with Crippen molar-refractivity contribution in [2.24, 2.45) is 0 Å². The lowest BCUT2D eigenvalue weighted by molar-refractivity contribution is 0.0708. The molecule has 2 aromatic heterocycles. The van der Waals surface area contributed by atoms with Crippen molar-refractivity contribution in [1.82, 2.24) is 19.8 Å². The lowest BCUT2D eigenvalue weighted by Gasteiger charge is -2.32. The molecule has 5 rings (SSSR count). The smallest absolute Gasteiger partial charge is 0.265 e. The topological polar surface area (TPSA) is 76.5 Å². The van der Waals surface area contributed by atoms with Gasteiger partial charge >= 0.3 is 0 Å². The van der Waals surface area contributed by atoms with Crippen LogP contribution in [0.3, 0.4) is 0 Å². The molecule has 3 heterocycles. The number of pyridine rings is 1. The predicted octanol–water partition coefficient (Wildman–Crippen LogP) is 6.71. The highest BCUT2D eigenvalue weighted by Crippen LogP contribution is 2.32. The average Bonchev–Trinajstić information content (AvgIpc) is 3.47. The Balaban J connectivity index is 1.80. The van der Waals surface area contributed by atoms with Gasteiger partial charge in [-0.25, -0.2) is 4.98 Å². The van der Waals surface area contributed by atoms with Gasteiger partial charge in [0.05, 0.1) is 35.3 Å². The Morgan fingerprint density at radius 2 is 1.95 bits per heavy atom. The minimum absolute atomic E-state index is 0.110. The van der Waals surface area contributed by atoms with E-state index in [0.717, 1.165) is 22.4 Å². The number of piperazine rings is 1. The van der Waals surface area contributed by atoms with Crippen LogP contribution in [0.1, 0.15) is 49.3 Å². The van der Waals surface area contributed by atoms with E-state index in [4.69, 9.17) is 21.3 Å². The number of allylic oxidation sites excluding steroid dienone is 1. The summed E-state index contributed by atoms with van der Waals surface area (Å²) in [5.74, 6) is 0.520. The normalized spacial score (nSPS) is 15.0. The number of halogens is 1. The molecule has 1 saturated heterocycles. The van der Waals surface area contributed by atoms with Gasteiger partial charge in [0.15, 0.2) is 0 Å². The Bertz CT molecular complexity index is 1700. The van der Waals surface area contributed by atoms with E-state index < -0.39 is 0 Å². The highest BCUT2D eigenvalue weighted by Gasteiger charge is 2.28. The first-order chi connectivity index (χ1) is 20.2. The minimum atomic E-state index is -0.243. The standard InChI is InChI=1S/C33H35ClN4O3S/c1-6-22-9-12-25(41-5)16-29(22)38-30(15-20(2)3)26(32(39)37-14-13-35-21(4)18-37)17-27(33(38)40)31-36-28(19-42-31)23-7-10-24(34)11-8-23/h7-12,15-17,19,21,35H,6,13-14,18H2,1-5H3/t21-/m0/s1. The molecule has 1 aliphatic rings. The lowest BCUT2D eigenvalue weighted by atomic mass is 10.0. The first-order valence-corrected chi connectivity index (χ1v) is 15.3. The molecule has 7 nitrogen and oxygen atoms in total. The van der Waals surface area contributed by atoms with Gasteiger partial charge in [-0.05, 0) is 63.1 Å². The van der Waals surface area contributed by atoms with E-state index in [-0.39, 0.29) is 17.5 Å². The summed E-state index contributed by atoms with van der Waals surface area (Å²) in [5, 5.41) is 6.52. The molecule has 2 aromatic carbocycles. The maximum absolute atomic E-state index is 14.5. The van der Waals surface area contributed by atoms with Crippen molar-refractivity contribution in [3.05, 3.63) is 91.7 Å². The molecule has 1 atom stereocenters. The van der Waals surface area contributed by atoms with Gasteiger partial charge < -0.3 is 15.0 Å². The van der Waals surface area contributed by atoms with Gasteiger partial charge in [0.1, 0.15) is 10.8 Å². The van der Waals surface area contributed by atoms with Crippen LogP contribution in [0.25, 0.3) is 33.6 Å². The Labute approximate surface area is 255 Å². The number of benzene rings is 2. The minimum Gasteiger partial charge on any atom is -0.497 e. The number of nitrogens with zero attached hydrogens (tertiary/aromatic N) is 3. The predicted molar refractivity (Wildman–Crippen MR) is 172 cm³/mol. The maximum atomic E-state index is 14.5. The van der Waals surface area contributed by atoms with E-state index in [1.54, 1.807) is 17.7 Å². The second kappa shape index (κ2) is 12.7. The van der Waals surface area contributed by atoms with E-state index in [1.807, 2.05) is 79.6 Å². The number of amides is 1. The number of aryl methyl sites for hydroxylation is 1. The first-order valence-electron chi connectivity index (χ1n) is 14.1. The molecule has 9 heteroatoms. The summed E-state index contributed by atoms with van der Waals surface area (Å²) in [6.45, 7) is 9.94. The summed E-state index contributed by atoms with van der Waals surface area (Å²) in [6.07, 6.45) is 2.62. The number of carbonyl (C=O) groups excluding carboxylic acids is 1. The van der Waals surface area contributed by atoms with Crippen LogP contribution in [0.15, 0.2) is 64.3 Å². The number of aromatic nitrogens is 2. The summed E-state index contributed by atoms with van der Waals surface area (Å²) in [7, 11) is 1.61. The van der Waals surface area contributed by atoms with Gasteiger partial charge in [-0.1, -0.05) is 42.3 Å². The van der Waals surface area contributed by atoms with Crippen LogP contribution in [-0.2, 0) is 6.42 Å². The maximum Gasteiger partial charge on any atom is 0.265 e. The summed E-state index contributed by atoms with van der Waals surface area (Å²) in [5.41, 5.74) is 5.42. The van der Waals surface area contributed by atoms with Gasteiger partial charge in [0.2, 0.25) is 0 Å². The summed E-state index contributed by atoms with van der Waals surface area (Å²) < 4.78 is 7.24. The zero-order valence-electron chi connectivity index (χ0n) is 24.5. The summed E-state index contributed by atoms with van der Waals surface area (Å²) in [4.78, 5) is 35.5. The molecule has 0 saturated carbocycles. The Morgan fingerprint density at radius 3 is 2.62 bits per heavy atom. The third kappa shape index (κ3) is 6.07. The van der Waals surface area contributed by atoms with Crippen molar-refractivity contribution in [2.75, 3.05) is 26.7 Å². The largest absolute Gasteiger partial charge is 0.497 e. The van der Waals surface area contributed by atoms with Gasteiger partial charge in [-0.15, -0.1) is 11.3 Å². The quantitative estimate of drug-likeness (QED) is 0.254. The number of carbonyl (C=O) groups is 1. The molecule has 0 radical (unpaired) electrons. The van der Waals surface area contributed by atoms with E-state index >= 15 is 0 Å². The number of nitrogens with one attached hydrogen (secondary N) is 1. The molecule has 0 unspecified atom stereocenters. The lowest BCUT2D eigenvalue weighted by Crippen LogP contribution is -2.51. The molecule has 218 valence electrons. The molecule has 42 heavy (non-hydrogen) atoms. The van der Waals surface area contributed by atoms with Crippen molar-refractivity contribution in [3.8, 4) is 33.3 Å². The van der Waals surface area contributed by atoms with Gasteiger partial charge in [0, 0.05) is 47.7 Å². The van der Waals surface area contributed by atoms with Crippen molar-refractivity contribution in [3.63, 3.8) is 0 Å². The van der Waals surface area contributed by atoms with Crippen LogP contribution in [0.4, 0.5) is 0 Å². The van der Waals surface area contributed by atoms with Crippen molar-refractivity contribution < 1.29 is 9.53 Å². The Hall–Kier alpha value is -3.72. The van der Waals surface area contributed by atoms with Gasteiger partial charge in [-0.3, -0.25) is 14.2 Å². The summed E-state index contributed by atoms with van der Waals surface area (Å²) in [6, 6.07) is 15.1. The molecule has 1 N–H and O–H groups in total. The molecule has 0 bridgehead atoms. The molecule has 1 amide bonds. The van der Waals surface area contributed by atoms with Crippen LogP contribution in [-0.4, -0.2) is 53.1 Å². The monoisotopic (exact) mass is 602 g/mol. The highest BCUT2D eigenvalue weighted by molar-refractivity contribution is 7.13. The number of rotatable bonds is 7. The van der Waals surface area contributed by atoms with E-state index in [0.29, 0.717) is 64.3 Å².